The Bertz CT molecular complexity index is 822. The highest BCUT2D eigenvalue weighted by Crippen LogP contribution is 2.25. The summed E-state index contributed by atoms with van der Waals surface area (Å²) in [7, 11) is 0. The molecule has 6 nitrogen and oxygen atoms in total. The number of hydrogen-bond acceptors (Lipinski definition) is 5. The molecule has 1 aromatic carbocycles. The highest BCUT2D eigenvalue weighted by Gasteiger charge is 2.17. The van der Waals surface area contributed by atoms with Crippen molar-refractivity contribution < 1.29 is 9.32 Å². The van der Waals surface area contributed by atoms with Crippen LogP contribution in [0.15, 0.2) is 40.2 Å². The van der Waals surface area contributed by atoms with Crippen molar-refractivity contribution in [3.63, 3.8) is 0 Å². The Balaban J connectivity index is 1.66. The summed E-state index contributed by atoms with van der Waals surface area (Å²) in [5.41, 5.74) is 3.22. The zero-order chi connectivity index (χ0) is 17.1. The van der Waals surface area contributed by atoms with Crippen molar-refractivity contribution in [3.05, 3.63) is 52.2 Å². The number of nitrogens with zero attached hydrogens (tertiary/aromatic N) is 2. The van der Waals surface area contributed by atoms with Crippen LogP contribution in [-0.4, -0.2) is 16.2 Å². The van der Waals surface area contributed by atoms with Gasteiger partial charge >= 0.3 is 6.03 Å². The minimum atomic E-state index is -0.312. The highest BCUT2D eigenvalue weighted by atomic mass is 32.1. The third kappa shape index (κ3) is 3.46. The molecule has 0 saturated heterocycles. The molecule has 0 saturated carbocycles. The average molecular weight is 342 g/mol. The van der Waals surface area contributed by atoms with E-state index in [2.05, 4.69) is 20.8 Å². The van der Waals surface area contributed by atoms with Gasteiger partial charge in [-0.2, -0.15) is 0 Å². The van der Waals surface area contributed by atoms with E-state index in [4.69, 9.17) is 4.52 Å². The number of benzene rings is 1. The van der Waals surface area contributed by atoms with Gasteiger partial charge in [0.05, 0.1) is 11.7 Å². The number of urea groups is 1. The summed E-state index contributed by atoms with van der Waals surface area (Å²) in [5, 5.41) is 12.3. The van der Waals surface area contributed by atoms with Gasteiger partial charge in [0.2, 0.25) is 0 Å². The molecule has 3 aromatic rings. The SMILES string of the molecule is Cc1noc(C)c1NC(=O)N[C@H](C)c1nc(-c2ccccc2)cs1. The molecule has 24 heavy (non-hydrogen) atoms. The fraction of sp³-hybridized carbons (Fsp3) is 0.235. The van der Waals surface area contributed by atoms with Crippen LogP contribution in [0.2, 0.25) is 0 Å². The van der Waals surface area contributed by atoms with Gasteiger partial charge in [-0.25, -0.2) is 9.78 Å². The molecule has 2 amide bonds. The molecule has 3 rings (SSSR count). The standard InChI is InChI=1S/C17H18N4O2S/c1-10-15(12(3)23-21-10)20-17(22)18-11(2)16-19-14(9-24-16)13-7-5-4-6-8-13/h4-9,11H,1-3H3,(H2,18,20,22)/t11-/m1/s1. The van der Waals surface area contributed by atoms with E-state index in [1.807, 2.05) is 42.6 Å². The second-order valence-corrected chi connectivity index (χ2v) is 6.35. The second-order valence-electron chi connectivity index (χ2n) is 5.46. The van der Waals surface area contributed by atoms with Crippen molar-refractivity contribution in [1.29, 1.82) is 0 Å². The Morgan fingerprint density at radius 3 is 2.67 bits per heavy atom. The topological polar surface area (TPSA) is 80.0 Å². The van der Waals surface area contributed by atoms with Crippen LogP contribution >= 0.6 is 11.3 Å². The van der Waals surface area contributed by atoms with Crippen molar-refractivity contribution in [1.82, 2.24) is 15.5 Å². The lowest BCUT2D eigenvalue weighted by molar-refractivity contribution is 0.249. The summed E-state index contributed by atoms with van der Waals surface area (Å²) >= 11 is 1.52. The van der Waals surface area contributed by atoms with E-state index in [1.165, 1.54) is 11.3 Å². The number of thiazole rings is 1. The lowest BCUT2D eigenvalue weighted by Crippen LogP contribution is -2.31. The lowest BCUT2D eigenvalue weighted by atomic mass is 10.2. The molecule has 2 heterocycles. The number of nitrogens with one attached hydrogen (secondary N) is 2. The van der Waals surface area contributed by atoms with Crippen molar-refractivity contribution in [2.45, 2.75) is 26.8 Å². The maximum atomic E-state index is 12.2. The normalized spacial score (nSPS) is 12.0. The molecule has 7 heteroatoms. The van der Waals surface area contributed by atoms with Crippen molar-refractivity contribution in [2.24, 2.45) is 0 Å². The molecule has 0 aliphatic rings. The molecule has 0 unspecified atom stereocenters. The van der Waals surface area contributed by atoms with Crippen LogP contribution < -0.4 is 10.6 Å². The van der Waals surface area contributed by atoms with Crippen LogP contribution in [-0.2, 0) is 0 Å². The van der Waals surface area contributed by atoms with Crippen LogP contribution in [0.5, 0.6) is 0 Å². The molecule has 0 aliphatic carbocycles. The Kier molecular flexibility index (Phi) is 4.61. The molecular formula is C17H18N4O2S. The summed E-state index contributed by atoms with van der Waals surface area (Å²) in [6.45, 7) is 5.44. The van der Waals surface area contributed by atoms with E-state index >= 15 is 0 Å². The van der Waals surface area contributed by atoms with E-state index in [9.17, 15) is 4.79 Å². The zero-order valence-corrected chi connectivity index (χ0v) is 14.5. The zero-order valence-electron chi connectivity index (χ0n) is 13.7. The Labute approximate surface area is 143 Å². The molecule has 2 N–H and O–H groups in total. The average Bonchev–Trinajstić information content (AvgIpc) is 3.18. The fourth-order valence-electron chi connectivity index (χ4n) is 2.30. The van der Waals surface area contributed by atoms with Crippen molar-refractivity contribution in [2.75, 3.05) is 5.32 Å². The van der Waals surface area contributed by atoms with E-state index in [1.54, 1.807) is 13.8 Å². The van der Waals surface area contributed by atoms with E-state index in [-0.39, 0.29) is 12.1 Å². The van der Waals surface area contributed by atoms with Gasteiger partial charge in [0.25, 0.3) is 0 Å². The van der Waals surface area contributed by atoms with Crippen LogP contribution in [0.3, 0.4) is 0 Å². The summed E-state index contributed by atoms with van der Waals surface area (Å²) in [6, 6.07) is 9.45. The van der Waals surface area contributed by atoms with Crippen LogP contribution in [0.25, 0.3) is 11.3 Å². The number of aryl methyl sites for hydroxylation is 2. The molecule has 0 bridgehead atoms. The van der Waals surface area contributed by atoms with Crippen LogP contribution in [0.1, 0.15) is 29.4 Å². The number of amides is 2. The van der Waals surface area contributed by atoms with Crippen molar-refractivity contribution in [3.8, 4) is 11.3 Å². The number of rotatable bonds is 4. The van der Waals surface area contributed by atoms with Gasteiger partial charge in [-0.1, -0.05) is 35.5 Å². The van der Waals surface area contributed by atoms with Crippen LogP contribution in [0, 0.1) is 13.8 Å². The minimum absolute atomic E-state index is 0.201. The first-order valence-corrected chi connectivity index (χ1v) is 8.44. The van der Waals surface area contributed by atoms with E-state index in [0.29, 0.717) is 17.1 Å². The molecule has 0 spiro atoms. The monoisotopic (exact) mass is 342 g/mol. The molecular weight excluding hydrogens is 324 g/mol. The Hall–Kier alpha value is -2.67. The van der Waals surface area contributed by atoms with Crippen molar-refractivity contribution >= 4 is 23.1 Å². The van der Waals surface area contributed by atoms with Crippen LogP contribution in [0.4, 0.5) is 10.5 Å². The highest BCUT2D eigenvalue weighted by molar-refractivity contribution is 7.10. The third-order valence-electron chi connectivity index (χ3n) is 3.58. The molecule has 0 fully saturated rings. The summed E-state index contributed by atoms with van der Waals surface area (Å²) in [4.78, 5) is 16.8. The Morgan fingerprint density at radius 2 is 2.00 bits per heavy atom. The van der Waals surface area contributed by atoms with Gasteiger partial charge in [0.15, 0.2) is 5.76 Å². The number of aromatic nitrogens is 2. The number of anilines is 1. The molecule has 0 aliphatic heterocycles. The van der Waals surface area contributed by atoms with Gasteiger partial charge in [-0.15, -0.1) is 11.3 Å². The smallest absolute Gasteiger partial charge is 0.319 e. The molecule has 124 valence electrons. The maximum Gasteiger partial charge on any atom is 0.319 e. The van der Waals surface area contributed by atoms with Gasteiger partial charge < -0.3 is 15.2 Å². The predicted molar refractivity (Wildman–Crippen MR) is 94.1 cm³/mol. The number of carbonyl (C=O) groups is 1. The first-order chi connectivity index (χ1) is 11.5. The van der Waals surface area contributed by atoms with E-state index < -0.39 is 0 Å². The maximum absolute atomic E-state index is 12.2. The largest absolute Gasteiger partial charge is 0.359 e. The molecule has 0 radical (unpaired) electrons. The van der Waals surface area contributed by atoms with E-state index in [0.717, 1.165) is 16.3 Å². The number of hydrogen-bond donors (Lipinski definition) is 2. The summed E-state index contributed by atoms with van der Waals surface area (Å²) in [6.07, 6.45) is 0. The van der Waals surface area contributed by atoms with Gasteiger partial charge in [0, 0.05) is 10.9 Å². The number of carbonyl (C=O) groups excluding carboxylic acids is 1. The summed E-state index contributed by atoms with van der Waals surface area (Å²) < 4.78 is 5.04. The first-order valence-electron chi connectivity index (χ1n) is 7.56. The quantitative estimate of drug-likeness (QED) is 0.741. The Morgan fingerprint density at radius 1 is 1.25 bits per heavy atom. The first kappa shape index (κ1) is 16.2. The molecule has 1 atom stereocenters. The molecule has 2 aromatic heterocycles. The van der Waals surface area contributed by atoms with Gasteiger partial charge in [-0.3, -0.25) is 0 Å². The van der Waals surface area contributed by atoms with Gasteiger partial charge in [0.1, 0.15) is 16.4 Å². The third-order valence-corrected chi connectivity index (χ3v) is 4.61. The van der Waals surface area contributed by atoms with Gasteiger partial charge in [-0.05, 0) is 20.8 Å². The second kappa shape index (κ2) is 6.84. The predicted octanol–water partition coefficient (Wildman–Crippen LogP) is 4.30. The fourth-order valence-corrected chi connectivity index (χ4v) is 3.13. The lowest BCUT2D eigenvalue weighted by Gasteiger charge is -2.12. The summed E-state index contributed by atoms with van der Waals surface area (Å²) in [5.74, 6) is 0.580. The minimum Gasteiger partial charge on any atom is -0.359 e.